The lowest BCUT2D eigenvalue weighted by Gasteiger charge is -2.13. The van der Waals surface area contributed by atoms with Crippen LogP contribution in [0.2, 0.25) is 0 Å². The molecule has 0 aromatic carbocycles. The average Bonchev–Trinajstić information content (AvgIpc) is 2.85. The molecule has 4 nitrogen and oxygen atoms in total. The molecule has 0 bridgehead atoms. The number of rotatable bonds is 6. The fourth-order valence-corrected chi connectivity index (χ4v) is 2.55. The minimum Gasteiger partial charge on any atom is -0.314 e. The van der Waals surface area contributed by atoms with Gasteiger partial charge in [-0.3, -0.25) is 0 Å². The summed E-state index contributed by atoms with van der Waals surface area (Å²) in [6.45, 7) is 4.33. The zero-order chi connectivity index (χ0) is 11.4. The zero-order valence-corrected chi connectivity index (χ0v) is 10.9. The Morgan fingerprint density at radius 1 is 1.50 bits per heavy atom. The van der Waals surface area contributed by atoms with Gasteiger partial charge in [0, 0.05) is 13.0 Å². The molecule has 5 heteroatoms. The molecule has 1 aliphatic heterocycles. The van der Waals surface area contributed by atoms with Gasteiger partial charge in [-0.1, -0.05) is 0 Å². The predicted octanol–water partition coefficient (Wildman–Crippen LogP) is 1.63. The SMILES string of the molecule is CSCCCNC(C)c1nnc2n1CCC2. The van der Waals surface area contributed by atoms with Crippen LogP contribution in [0.15, 0.2) is 0 Å². The van der Waals surface area contributed by atoms with Crippen LogP contribution in [0, 0.1) is 0 Å². The summed E-state index contributed by atoms with van der Waals surface area (Å²) in [4.78, 5) is 0. The van der Waals surface area contributed by atoms with Crippen molar-refractivity contribution in [2.45, 2.75) is 38.8 Å². The van der Waals surface area contributed by atoms with Crippen molar-refractivity contribution in [3.05, 3.63) is 11.6 Å². The number of fused-ring (bicyclic) bond motifs is 1. The highest BCUT2D eigenvalue weighted by Gasteiger charge is 2.20. The van der Waals surface area contributed by atoms with Crippen molar-refractivity contribution < 1.29 is 0 Å². The molecule has 0 amide bonds. The molecule has 2 rings (SSSR count). The van der Waals surface area contributed by atoms with Crippen LogP contribution in [0.4, 0.5) is 0 Å². The van der Waals surface area contributed by atoms with E-state index in [9.17, 15) is 0 Å². The van der Waals surface area contributed by atoms with Gasteiger partial charge in [0.2, 0.25) is 0 Å². The van der Waals surface area contributed by atoms with Gasteiger partial charge in [0.25, 0.3) is 0 Å². The fourth-order valence-electron chi connectivity index (χ4n) is 2.12. The van der Waals surface area contributed by atoms with Gasteiger partial charge in [-0.25, -0.2) is 0 Å². The highest BCUT2D eigenvalue weighted by molar-refractivity contribution is 7.98. The lowest BCUT2D eigenvalue weighted by Crippen LogP contribution is -2.23. The topological polar surface area (TPSA) is 42.7 Å². The second kappa shape index (κ2) is 5.68. The Labute approximate surface area is 101 Å². The highest BCUT2D eigenvalue weighted by Crippen LogP contribution is 2.18. The molecule has 0 aliphatic carbocycles. The van der Waals surface area contributed by atoms with E-state index in [1.54, 1.807) is 0 Å². The molecule has 2 heterocycles. The number of hydrogen-bond donors (Lipinski definition) is 1. The third kappa shape index (κ3) is 2.58. The molecule has 1 N–H and O–H groups in total. The normalized spacial score (nSPS) is 16.4. The van der Waals surface area contributed by atoms with Crippen LogP contribution < -0.4 is 5.32 Å². The number of thioether (sulfide) groups is 1. The fraction of sp³-hybridized carbons (Fsp3) is 0.818. The number of aromatic nitrogens is 3. The Balaban J connectivity index is 1.86. The molecule has 0 radical (unpaired) electrons. The van der Waals surface area contributed by atoms with Crippen molar-refractivity contribution in [3.8, 4) is 0 Å². The summed E-state index contributed by atoms with van der Waals surface area (Å²) >= 11 is 1.90. The molecular weight excluding hydrogens is 220 g/mol. The van der Waals surface area contributed by atoms with Gasteiger partial charge in [0.05, 0.1) is 6.04 Å². The van der Waals surface area contributed by atoms with E-state index < -0.39 is 0 Å². The van der Waals surface area contributed by atoms with Crippen LogP contribution in [0.1, 0.15) is 37.5 Å². The Morgan fingerprint density at radius 2 is 2.38 bits per heavy atom. The molecule has 1 atom stereocenters. The lowest BCUT2D eigenvalue weighted by molar-refractivity contribution is 0.516. The lowest BCUT2D eigenvalue weighted by atomic mass is 10.3. The van der Waals surface area contributed by atoms with Crippen molar-refractivity contribution in [3.63, 3.8) is 0 Å². The van der Waals surface area contributed by atoms with Crippen LogP contribution >= 0.6 is 11.8 Å². The predicted molar refractivity (Wildman–Crippen MR) is 67.8 cm³/mol. The first-order chi connectivity index (χ1) is 7.83. The van der Waals surface area contributed by atoms with Gasteiger partial charge in [0.15, 0.2) is 0 Å². The molecule has 1 aliphatic rings. The van der Waals surface area contributed by atoms with Gasteiger partial charge < -0.3 is 9.88 Å². The van der Waals surface area contributed by atoms with Crippen molar-refractivity contribution in [2.24, 2.45) is 0 Å². The number of nitrogens with zero attached hydrogens (tertiary/aromatic N) is 3. The maximum atomic E-state index is 4.28. The molecule has 1 aromatic heterocycles. The first-order valence-electron chi connectivity index (χ1n) is 5.97. The first-order valence-corrected chi connectivity index (χ1v) is 7.36. The molecule has 0 saturated carbocycles. The summed E-state index contributed by atoms with van der Waals surface area (Å²) in [5.74, 6) is 3.49. The minimum atomic E-state index is 0.321. The first kappa shape index (κ1) is 11.9. The molecule has 0 spiro atoms. The molecule has 16 heavy (non-hydrogen) atoms. The number of hydrogen-bond acceptors (Lipinski definition) is 4. The smallest absolute Gasteiger partial charge is 0.149 e. The van der Waals surface area contributed by atoms with E-state index in [4.69, 9.17) is 0 Å². The molecule has 90 valence electrons. The van der Waals surface area contributed by atoms with E-state index in [-0.39, 0.29) is 0 Å². The van der Waals surface area contributed by atoms with Gasteiger partial charge in [0.1, 0.15) is 11.6 Å². The molecular formula is C11H20N4S. The number of nitrogens with one attached hydrogen (secondary N) is 1. The molecule has 1 aromatic rings. The van der Waals surface area contributed by atoms with Gasteiger partial charge in [-0.05, 0) is 38.3 Å². The van der Waals surface area contributed by atoms with E-state index in [2.05, 4.69) is 33.3 Å². The van der Waals surface area contributed by atoms with Crippen molar-refractivity contribution >= 4 is 11.8 Å². The van der Waals surface area contributed by atoms with Crippen molar-refractivity contribution in [1.82, 2.24) is 20.1 Å². The monoisotopic (exact) mass is 240 g/mol. The Bertz CT molecular complexity index is 337. The summed E-state index contributed by atoms with van der Waals surface area (Å²) in [6.07, 6.45) is 5.67. The van der Waals surface area contributed by atoms with E-state index in [0.717, 1.165) is 31.2 Å². The van der Waals surface area contributed by atoms with Crippen LogP contribution in [0.3, 0.4) is 0 Å². The third-order valence-electron chi connectivity index (χ3n) is 3.00. The van der Waals surface area contributed by atoms with Gasteiger partial charge in [-0.2, -0.15) is 11.8 Å². The highest BCUT2D eigenvalue weighted by atomic mass is 32.2. The van der Waals surface area contributed by atoms with Gasteiger partial charge in [-0.15, -0.1) is 10.2 Å². The van der Waals surface area contributed by atoms with Crippen LogP contribution in [-0.2, 0) is 13.0 Å². The molecule has 0 saturated heterocycles. The molecule has 1 unspecified atom stereocenters. The summed E-state index contributed by atoms with van der Waals surface area (Å²) in [5, 5.41) is 12.0. The van der Waals surface area contributed by atoms with Crippen molar-refractivity contribution in [2.75, 3.05) is 18.6 Å². The Morgan fingerprint density at radius 3 is 3.19 bits per heavy atom. The van der Waals surface area contributed by atoms with Crippen LogP contribution in [0.25, 0.3) is 0 Å². The summed E-state index contributed by atoms with van der Waals surface area (Å²) in [5.41, 5.74) is 0. The van der Waals surface area contributed by atoms with Crippen molar-refractivity contribution in [1.29, 1.82) is 0 Å². The Kier molecular flexibility index (Phi) is 4.23. The van der Waals surface area contributed by atoms with E-state index >= 15 is 0 Å². The van der Waals surface area contributed by atoms with Crippen LogP contribution in [0.5, 0.6) is 0 Å². The van der Waals surface area contributed by atoms with Crippen LogP contribution in [-0.4, -0.2) is 33.3 Å². The Hall–Kier alpha value is -0.550. The quantitative estimate of drug-likeness (QED) is 0.768. The number of aryl methyl sites for hydroxylation is 1. The van der Waals surface area contributed by atoms with Gasteiger partial charge >= 0.3 is 0 Å². The molecule has 0 fully saturated rings. The largest absolute Gasteiger partial charge is 0.314 e. The summed E-state index contributed by atoms with van der Waals surface area (Å²) in [7, 11) is 0. The standard InChI is InChI=1S/C11H20N4S/c1-9(12-6-4-8-16-2)11-14-13-10-5-3-7-15(10)11/h9,12H,3-8H2,1-2H3. The maximum absolute atomic E-state index is 4.28. The maximum Gasteiger partial charge on any atom is 0.149 e. The van der Waals surface area contributed by atoms with E-state index in [0.29, 0.717) is 6.04 Å². The second-order valence-corrected chi connectivity index (χ2v) is 5.24. The zero-order valence-electron chi connectivity index (χ0n) is 10.1. The summed E-state index contributed by atoms with van der Waals surface area (Å²) in [6, 6.07) is 0.321. The second-order valence-electron chi connectivity index (χ2n) is 4.25. The van der Waals surface area contributed by atoms with E-state index in [1.165, 1.54) is 18.6 Å². The third-order valence-corrected chi connectivity index (χ3v) is 3.70. The minimum absolute atomic E-state index is 0.321. The summed E-state index contributed by atoms with van der Waals surface area (Å²) < 4.78 is 2.27. The van der Waals surface area contributed by atoms with E-state index in [1.807, 2.05) is 11.8 Å². The average molecular weight is 240 g/mol.